The fourth-order valence-electron chi connectivity index (χ4n) is 1.14. The third-order valence-corrected chi connectivity index (χ3v) is 2.85. The van der Waals surface area contributed by atoms with Crippen molar-refractivity contribution < 1.29 is 9.13 Å². The zero-order valence-corrected chi connectivity index (χ0v) is 10.7. The van der Waals surface area contributed by atoms with Crippen LogP contribution in [0.5, 0.6) is 5.75 Å². The Morgan fingerprint density at radius 2 is 2.07 bits per heavy atom. The second-order valence-electron chi connectivity index (χ2n) is 3.17. The van der Waals surface area contributed by atoms with Crippen LogP contribution in [-0.2, 0) is 0 Å². The molecule has 1 nitrogen and oxygen atoms in total. The lowest BCUT2D eigenvalue weighted by molar-refractivity contribution is 0.303. The number of unbranched alkanes of at least 4 members (excludes halogenated alkanes) is 2. The van der Waals surface area contributed by atoms with Gasteiger partial charge in [0.15, 0.2) is 0 Å². The van der Waals surface area contributed by atoms with Gasteiger partial charge in [0.05, 0.1) is 11.1 Å². The van der Waals surface area contributed by atoms with Gasteiger partial charge in [0.25, 0.3) is 0 Å². The molecule has 0 saturated heterocycles. The van der Waals surface area contributed by atoms with Crippen molar-refractivity contribution >= 4 is 27.5 Å². The molecule has 0 bridgehead atoms. The smallest absolute Gasteiger partial charge is 0.136 e. The maximum atomic E-state index is 12.9. The quantitative estimate of drug-likeness (QED) is 0.559. The number of halogens is 3. The average molecular weight is 296 g/mol. The van der Waals surface area contributed by atoms with E-state index in [1.54, 1.807) is 6.07 Å². The molecule has 0 aromatic heterocycles. The van der Waals surface area contributed by atoms with E-state index < -0.39 is 0 Å². The molecule has 15 heavy (non-hydrogen) atoms. The predicted molar refractivity (Wildman–Crippen MR) is 64.2 cm³/mol. The van der Waals surface area contributed by atoms with Crippen molar-refractivity contribution in [3.8, 4) is 5.75 Å². The molecule has 0 atom stereocenters. The third kappa shape index (κ3) is 4.85. The minimum atomic E-state index is -0.283. The summed E-state index contributed by atoms with van der Waals surface area (Å²) < 4.78 is 19.1. The molecule has 0 heterocycles. The van der Waals surface area contributed by atoms with E-state index >= 15 is 0 Å². The molecular weight excluding hydrogens is 282 g/mol. The van der Waals surface area contributed by atoms with Gasteiger partial charge in [0.2, 0.25) is 0 Å². The standard InChI is InChI=1S/C11H13BrClFO/c12-10-5-4-9(14)8-11(10)15-7-3-1-2-6-13/h4-5,8H,1-3,6-7H2. The number of ether oxygens (including phenoxy) is 1. The van der Waals surface area contributed by atoms with Crippen LogP contribution in [-0.4, -0.2) is 12.5 Å². The third-order valence-electron chi connectivity index (χ3n) is 1.93. The maximum absolute atomic E-state index is 12.9. The van der Waals surface area contributed by atoms with Crippen LogP contribution in [0.25, 0.3) is 0 Å². The van der Waals surface area contributed by atoms with Gasteiger partial charge in [-0.3, -0.25) is 0 Å². The summed E-state index contributed by atoms with van der Waals surface area (Å²) in [6, 6.07) is 4.42. The average Bonchev–Trinajstić information content (AvgIpc) is 2.23. The van der Waals surface area contributed by atoms with Gasteiger partial charge in [-0.05, 0) is 47.3 Å². The zero-order valence-electron chi connectivity index (χ0n) is 8.31. The largest absolute Gasteiger partial charge is 0.492 e. The molecule has 0 spiro atoms. The lowest BCUT2D eigenvalue weighted by atomic mass is 10.2. The van der Waals surface area contributed by atoms with Crippen LogP contribution < -0.4 is 4.74 Å². The van der Waals surface area contributed by atoms with Gasteiger partial charge in [-0.25, -0.2) is 4.39 Å². The molecule has 0 fully saturated rings. The molecule has 0 saturated carbocycles. The molecule has 0 N–H and O–H groups in total. The first-order valence-electron chi connectivity index (χ1n) is 4.88. The van der Waals surface area contributed by atoms with E-state index in [0.29, 0.717) is 18.2 Å². The van der Waals surface area contributed by atoms with Gasteiger partial charge < -0.3 is 4.74 Å². The van der Waals surface area contributed by atoms with Crippen molar-refractivity contribution in [2.24, 2.45) is 0 Å². The summed E-state index contributed by atoms with van der Waals surface area (Å²) in [5, 5.41) is 0. The summed E-state index contributed by atoms with van der Waals surface area (Å²) >= 11 is 8.85. The van der Waals surface area contributed by atoms with Gasteiger partial charge in [-0.1, -0.05) is 0 Å². The van der Waals surface area contributed by atoms with Crippen LogP contribution in [0, 0.1) is 5.82 Å². The SMILES string of the molecule is Fc1ccc(Br)c(OCCCCCCl)c1. The molecule has 0 unspecified atom stereocenters. The Balaban J connectivity index is 2.33. The van der Waals surface area contributed by atoms with Crippen molar-refractivity contribution in [1.29, 1.82) is 0 Å². The van der Waals surface area contributed by atoms with E-state index in [1.165, 1.54) is 12.1 Å². The highest BCUT2D eigenvalue weighted by molar-refractivity contribution is 9.10. The van der Waals surface area contributed by atoms with E-state index in [9.17, 15) is 4.39 Å². The molecular formula is C11H13BrClFO. The highest BCUT2D eigenvalue weighted by Gasteiger charge is 2.02. The Kier molecular flexibility index (Phi) is 6.03. The van der Waals surface area contributed by atoms with E-state index in [1.807, 2.05) is 0 Å². The molecule has 84 valence electrons. The minimum absolute atomic E-state index is 0.283. The zero-order chi connectivity index (χ0) is 11.1. The van der Waals surface area contributed by atoms with E-state index in [4.69, 9.17) is 16.3 Å². The molecule has 1 aromatic carbocycles. The minimum Gasteiger partial charge on any atom is -0.492 e. The van der Waals surface area contributed by atoms with Gasteiger partial charge in [0.1, 0.15) is 11.6 Å². The summed E-state index contributed by atoms with van der Waals surface area (Å²) in [5.74, 6) is 0.957. The molecule has 0 aliphatic rings. The highest BCUT2D eigenvalue weighted by Crippen LogP contribution is 2.25. The number of benzene rings is 1. The van der Waals surface area contributed by atoms with Crippen LogP contribution in [0.4, 0.5) is 4.39 Å². The molecule has 0 aliphatic heterocycles. The van der Waals surface area contributed by atoms with Gasteiger partial charge in [-0.15, -0.1) is 11.6 Å². The van der Waals surface area contributed by atoms with E-state index in [2.05, 4.69) is 15.9 Å². The van der Waals surface area contributed by atoms with Crippen molar-refractivity contribution in [3.05, 3.63) is 28.5 Å². The van der Waals surface area contributed by atoms with Crippen molar-refractivity contribution in [2.45, 2.75) is 19.3 Å². The van der Waals surface area contributed by atoms with Crippen LogP contribution in [0.15, 0.2) is 22.7 Å². The number of hydrogen-bond acceptors (Lipinski definition) is 1. The Hall–Kier alpha value is -0.280. The number of rotatable bonds is 6. The number of hydrogen-bond donors (Lipinski definition) is 0. The molecule has 0 aliphatic carbocycles. The van der Waals surface area contributed by atoms with Crippen LogP contribution >= 0.6 is 27.5 Å². The van der Waals surface area contributed by atoms with Gasteiger partial charge >= 0.3 is 0 Å². The molecule has 4 heteroatoms. The summed E-state index contributed by atoms with van der Waals surface area (Å²) in [7, 11) is 0. The fraction of sp³-hybridized carbons (Fsp3) is 0.455. The normalized spacial score (nSPS) is 10.3. The Morgan fingerprint density at radius 1 is 1.27 bits per heavy atom. The van der Waals surface area contributed by atoms with Gasteiger partial charge in [0, 0.05) is 11.9 Å². The van der Waals surface area contributed by atoms with Crippen LogP contribution in [0.3, 0.4) is 0 Å². The van der Waals surface area contributed by atoms with E-state index in [-0.39, 0.29) is 5.82 Å². The molecule has 0 amide bonds. The van der Waals surface area contributed by atoms with Crippen molar-refractivity contribution in [3.63, 3.8) is 0 Å². The lowest BCUT2D eigenvalue weighted by Gasteiger charge is -2.07. The predicted octanol–water partition coefficient (Wildman–Crippen LogP) is 4.38. The first-order chi connectivity index (χ1) is 7.24. The monoisotopic (exact) mass is 294 g/mol. The maximum Gasteiger partial charge on any atom is 0.136 e. The van der Waals surface area contributed by atoms with E-state index in [0.717, 1.165) is 23.7 Å². The first-order valence-corrected chi connectivity index (χ1v) is 6.20. The lowest BCUT2D eigenvalue weighted by Crippen LogP contribution is -1.98. The molecule has 0 radical (unpaired) electrons. The van der Waals surface area contributed by atoms with Gasteiger partial charge in [-0.2, -0.15) is 0 Å². The second-order valence-corrected chi connectivity index (χ2v) is 4.41. The Bertz CT molecular complexity index is 307. The van der Waals surface area contributed by atoms with Crippen molar-refractivity contribution in [2.75, 3.05) is 12.5 Å². The topological polar surface area (TPSA) is 9.23 Å². The number of alkyl halides is 1. The summed E-state index contributed by atoms with van der Waals surface area (Å²) in [6.45, 7) is 0.596. The fourth-order valence-corrected chi connectivity index (χ4v) is 1.69. The molecule has 1 rings (SSSR count). The summed E-state index contributed by atoms with van der Waals surface area (Å²) in [6.07, 6.45) is 2.97. The second kappa shape index (κ2) is 7.07. The Morgan fingerprint density at radius 3 is 2.80 bits per heavy atom. The Labute approximate surface area is 103 Å². The summed E-state index contributed by atoms with van der Waals surface area (Å²) in [4.78, 5) is 0. The molecule has 1 aromatic rings. The highest BCUT2D eigenvalue weighted by atomic mass is 79.9. The van der Waals surface area contributed by atoms with Crippen LogP contribution in [0.1, 0.15) is 19.3 Å². The first kappa shape index (κ1) is 12.8. The van der Waals surface area contributed by atoms with Crippen molar-refractivity contribution in [1.82, 2.24) is 0 Å². The van der Waals surface area contributed by atoms with Crippen LogP contribution in [0.2, 0.25) is 0 Å². The summed E-state index contributed by atoms with van der Waals surface area (Å²) in [5.41, 5.74) is 0.